The van der Waals surface area contributed by atoms with Gasteiger partial charge in [0.2, 0.25) is 0 Å². The summed E-state index contributed by atoms with van der Waals surface area (Å²) in [5.41, 5.74) is 2.35. The summed E-state index contributed by atoms with van der Waals surface area (Å²) >= 11 is 1.84. The van der Waals surface area contributed by atoms with Gasteiger partial charge in [-0.3, -0.25) is 0 Å². The third kappa shape index (κ3) is 2.57. The van der Waals surface area contributed by atoms with Gasteiger partial charge in [0, 0.05) is 23.4 Å². The highest BCUT2D eigenvalue weighted by molar-refractivity contribution is 7.22. The van der Waals surface area contributed by atoms with Crippen LogP contribution in [-0.2, 0) is 0 Å². The van der Waals surface area contributed by atoms with Crippen molar-refractivity contribution in [1.82, 2.24) is 14.3 Å². The predicted octanol–water partition coefficient (Wildman–Crippen LogP) is 5.03. The van der Waals surface area contributed by atoms with Crippen LogP contribution in [0, 0.1) is 0 Å². The number of thiophene rings is 1. The standard InChI is InChI=1S/C21H21N3S/c1-23-11-6-8-16(14-23)21-22-20(17-9-4-5-12-24(17)21)19-13-15-7-2-3-10-18(15)25-19/h2-5,7,9-10,12-13,16H,6,8,11,14H2,1H3. The first-order valence-corrected chi connectivity index (χ1v) is 9.76. The Balaban J connectivity index is 1.68. The summed E-state index contributed by atoms with van der Waals surface area (Å²) in [5.74, 6) is 1.73. The first-order valence-electron chi connectivity index (χ1n) is 8.94. The summed E-state index contributed by atoms with van der Waals surface area (Å²) in [6.45, 7) is 2.29. The van der Waals surface area contributed by atoms with Crippen LogP contribution < -0.4 is 0 Å². The van der Waals surface area contributed by atoms with Crippen LogP contribution >= 0.6 is 11.3 Å². The first-order chi connectivity index (χ1) is 12.3. The molecular formula is C21H21N3S. The minimum Gasteiger partial charge on any atom is -0.306 e. The van der Waals surface area contributed by atoms with Crippen molar-refractivity contribution >= 4 is 26.9 Å². The van der Waals surface area contributed by atoms with Crippen LogP contribution in [0.5, 0.6) is 0 Å². The van der Waals surface area contributed by atoms with E-state index < -0.39 is 0 Å². The van der Waals surface area contributed by atoms with Gasteiger partial charge in [0.05, 0.1) is 10.4 Å². The third-order valence-corrected chi connectivity index (χ3v) is 6.35. The zero-order valence-corrected chi connectivity index (χ0v) is 15.2. The van der Waals surface area contributed by atoms with Crippen LogP contribution in [0.4, 0.5) is 0 Å². The van der Waals surface area contributed by atoms with Crippen LogP contribution in [-0.4, -0.2) is 34.4 Å². The van der Waals surface area contributed by atoms with Crippen molar-refractivity contribution in [2.75, 3.05) is 20.1 Å². The van der Waals surface area contributed by atoms with Crippen molar-refractivity contribution < 1.29 is 0 Å². The first kappa shape index (κ1) is 15.1. The second-order valence-corrected chi connectivity index (χ2v) is 8.11. The van der Waals surface area contributed by atoms with Crippen molar-refractivity contribution in [2.45, 2.75) is 18.8 Å². The number of benzene rings is 1. The molecule has 0 N–H and O–H groups in total. The molecule has 1 aromatic carbocycles. The summed E-state index contributed by atoms with van der Waals surface area (Å²) in [6.07, 6.45) is 4.65. The minimum atomic E-state index is 0.511. The smallest absolute Gasteiger partial charge is 0.118 e. The maximum atomic E-state index is 5.16. The Bertz CT molecular complexity index is 1010. The highest BCUT2D eigenvalue weighted by Crippen LogP contribution is 2.37. The van der Waals surface area contributed by atoms with Crippen molar-refractivity contribution in [1.29, 1.82) is 0 Å². The van der Waals surface area contributed by atoms with E-state index in [2.05, 4.69) is 71.1 Å². The molecule has 3 nitrogen and oxygen atoms in total. The molecule has 0 spiro atoms. The Morgan fingerprint density at radius 1 is 1.12 bits per heavy atom. The molecule has 126 valence electrons. The second-order valence-electron chi connectivity index (χ2n) is 7.02. The number of nitrogens with zero attached hydrogens (tertiary/aromatic N) is 3. The van der Waals surface area contributed by atoms with Crippen molar-refractivity contribution in [3.05, 3.63) is 60.6 Å². The Morgan fingerprint density at radius 2 is 2.00 bits per heavy atom. The lowest BCUT2D eigenvalue weighted by atomic mass is 9.98. The largest absolute Gasteiger partial charge is 0.306 e. The SMILES string of the molecule is CN1CCCC(c2nc(-c3cc4ccccc4s3)c3ccccn23)C1. The number of hydrogen-bond donors (Lipinski definition) is 0. The van der Waals surface area contributed by atoms with Gasteiger partial charge in [0.1, 0.15) is 11.5 Å². The lowest BCUT2D eigenvalue weighted by Gasteiger charge is -2.28. The van der Waals surface area contributed by atoms with E-state index >= 15 is 0 Å². The van der Waals surface area contributed by atoms with Crippen LogP contribution in [0.3, 0.4) is 0 Å². The lowest BCUT2D eigenvalue weighted by Crippen LogP contribution is -2.31. The number of likely N-dealkylation sites (tertiary alicyclic amines) is 1. The number of fused-ring (bicyclic) bond motifs is 2. The van der Waals surface area contributed by atoms with Gasteiger partial charge >= 0.3 is 0 Å². The van der Waals surface area contributed by atoms with Gasteiger partial charge in [-0.15, -0.1) is 11.3 Å². The molecule has 0 aliphatic carbocycles. The van der Waals surface area contributed by atoms with Crippen LogP contribution in [0.1, 0.15) is 24.6 Å². The number of rotatable bonds is 2. The zero-order valence-electron chi connectivity index (χ0n) is 14.4. The maximum absolute atomic E-state index is 5.16. The van der Waals surface area contributed by atoms with Crippen LogP contribution in [0.2, 0.25) is 0 Å². The molecular weight excluding hydrogens is 326 g/mol. The molecule has 1 fully saturated rings. The Hall–Kier alpha value is -2.17. The monoisotopic (exact) mass is 347 g/mol. The topological polar surface area (TPSA) is 20.5 Å². The van der Waals surface area contributed by atoms with Crippen LogP contribution in [0.15, 0.2) is 54.7 Å². The molecule has 1 atom stereocenters. The summed E-state index contributed by atoms with van der Waals surface area (Å²) in [5, 5.41) is 1.30. The van der Waals surface area contributed by atoms with Gasteiger partial charge in [0.25, 0.3) is 0 Å². The molecule has 0 bridgehead atoms. The Labute approximate surface area is 151 Å². The van der Waals surface area contributed by atoms with Gasteiger partial charge in [-0.25, -0.2) is 4.98 Å². The van der Waals surface area contributed by atoms with E-state index in [4.69, 9.17) is 4.98 Å². The summed E-state index contributed by atoms with van der Waals surface area (Å²) in [7, 11) is 2.22. The number of imidazole rings is 1. The number of aromatic nitrogens is 2. The number of hydrogen-bond acceptors (Lipinski definition) is 3. The molecule has 1 unspecified atom stereocenters. The van der Waals surface area contributed by atoms with E-state index in [0.29, 0.717) is 5.92 Å². The fourth-order valence-corrected chi connectivity index (χ4v) is 5.07. The summed E-state index contributed by atoms with van der Waals surface area (Å²) in [4.78, 5) is 8.85. The molecule has 5 rings (SSSR count). The molecule has 0 radical (unpaired) electrons. The predicted molar refractivity (Wildman–Crippen MR) is 105 cm³/mol. The fourth-order valence-electron chi connectivity index (χ4n) is 4.01. The Kier molecular flexibility index (Phi) is 3.61. The van der Waals surface area contributed by atoms with E-state index in [1.54, 1.807) is 0 Å². The van der Waals surface area contributed by atoms with Gasteiger partial charge in [0.15, 0.2) is 0 Å². The van der Waals surface area contributed by atoms with Gasteiger partial charge in [-0.05, 0) is 56.1 Å². The fraction of sp³-hybridized carbons (Fsp3) is 0.286. The van der Waals surface area contributed by atoms with Crippen molar-refractivity contribution in [3.8, 4) is 10.6 Å². The van der Waals surface area contributed by atoms with E-state index in [1.165, 1.54) is 45.7 Å². The number of pyridine rings is 1. The lowest BCUT2D eigenvalue weighted by molar-refractivity contribution is 0.245. The van der Waals surface area contributed by atoms with Crippen molar-refractivity contribution in [3.63, 3.8) is 0 Å². The average molecular weight is 347 g/mol. The second kappa shape index (κ2) is 5.97. The van der Waals surface area contributed by atoms with E-state index in [0.717, 1.165) is 12.2 Å². The molecule has 3 aromatic heterocycles. The molecule has 4 heterocycles. The molecule has 0 amide bonds. The average Bonchev–Trinajstić information content (AvgIpc) is 3.23. The number of likely N-dealkylation sites (N-methyl/N-ethyl adjacent to an activating group) is 1. The molecule has 25 heavy (non-hydrogen) atoms. The molecule has 1 aliphatic heterocycles. The summed E-state index contributed by atoms with van der Waals surface area (Å²) < 4.78 is 3.64. The molecule has 4 heteroatoms. The third-order valence-electron chi connectivity index (χ3n) is 5.22. The normalized spacial score (nSPS) is 19.0. The van der Waals surface area contributed by atoms with Gasteiger partial charge < -0.3 is 9.30 Å². The minimum absolute atomic E-state index is 0.511. The molecule has 4 aromatic rings. The number of piperidine rings is 1. The quantitative estimate of drug-likeness (QED) is 0.507. The highest BCUT2D eigenvalue weighted by atomic mass is 32.1. The molecule has 1 aliphatic rings. The van der Waals surface area contributed by atoms with Gasteiger partial charge in [-0.1, -0.05) is 24.3 Å². The Morgan fingerprint density at radius 3 is 2.88 bits per heavy atom. The van der Waals surface area contributed by atoms with E-state index in [1.807, 2.05) is 11.3 Å². The van der Waals surface area contributed by atoms with Crippen molar-refractivity contribution in [2.24, 2.45) is 0 Å². The molecule has 1 saturated heterocycles. The zero-order chi connectivity index (χ0) is 16.8. The van der Waals surface area contributed by atoms with Gasteiger partial charge in [-0.2, -0.15) is 0 Å². The highest BCUT2D eigenvalue weighted by Gasteiger charge is 2.25. The van der Waals surface area contributed by atoms with Crippen LogP contribution in [0.25, 0.3) is 26.2 Å². The van der Waals surface area contributed by atoms with E-state index in [-0.39, 0.29) is 0 Å². The summed E-state index contributed by atoms with van der Waals surface area (Å²) in [6, 6.07) is 17.3. The maximum Gasteiger partial charge on any atom is 0.118 e. The van der Waals surface area contributed by atoms with E-state index in [9.17, 15) is 0 Å². The molecule has 0 saturated carbocycles.